The summed E-state index contributed by atoms with van der Waals surface area (Å²) in [5.41, 5.74) is 7.39. The Morgan fingerprint density at radius 2 is 2.06 bits per heavy atom. The first kappa shape index (κ1) is 13.0. The highest BCUT2D eigenvalue weighted by Gasteiger charge is 2.17. The van der Waals surface area contributed by atoms with Gasteiger partial charge in [0.1, 0.15) is 0 Å². The molecule has 1 atom stereocenters. The summed E-state index contributed by atoms with van der Waals surface area (Å²) in [6.07, 6.45) is 0. The highest BCUT2D eigenvalue weighted by molar-refractivity contribution is 6.33. The monoisotopic (exact) mass is 240 g/mol. The first-order chi connectivity index (χ1) is 7.41. The topological polar surface area (TPSA) is 55.1 Å². The Morgan fingerprint density at radius 1 is 1.44 bits per heavy atom. The van der Waals surface area contributed by atoms with E-state index in [-0.39, 0.29) is 11.8 Å². The molecule has 1 aromatic rings. The number of halogens is 1. The van der Waals surface area contributed by atoms with Crippen LogP contribution < -0.4 is 11.1 Å². The average molecular weight is 241 g/mol. The standard InChI is InChI=1S/C12H17ClN2O/c1-7(2)11(14)12(16)15-10-6-8(3)4-5-9(10)13/h4-7,11H,14H2,1-3H3,(H,15,16). The van der Waals surface area contributed by atoms with Gasteiger partial charge in [-0.05, 0) is 30.5 Å². The number of benzene rings is 1. The van der Waals surface area contributed by atoms with E-state index in [9.17, 15) is 4.79 Å². The second-order valence-corrected chi connectivity index (χ2v) is 4.65. The fraction of sp³-hybridized carbons (Fsp3) is 0.417. The van der Waals surface area contributed by atoms with Crippen LogP contribution in [0.15, 0.2) is 18.2 Å². The molecule has 1 rings (SSSR count). The largest absolute Gasteiger partial charge is 0.323 e. The number of rotatable bonds is 3. The number of carbonyl (C=O) groups excluding carboxylic acids is 1. The third-order valence-corrected chi connectivity index (χ3v) is 2.73. The minimum Gasteiger partial charge on any atom is -0.323 e. The van der Waals surface area contributed by atoms with E-state index < -0.39 is 6.04 Å². The third kappa shape index (κ3) is 3.22. The zero-order valence-electron chi connectivity index (χ0n) is 9.75. The molecule has 3 nitrogen and oxygen atoms in total. The maximum absolute atomic E-state index is 11.7. The van der Waals surface area contributed by atoms with Crippen LogP contribution in [0.3, 0.4) is 0 Å². The summed E-state index contributed by atoms with van der Waals surface area (Å²) in [4.78, 5) is 11.7. The van der Waals surface area contributed by atoms with Crippen molar-refractivity contribution in [2.75, 3.05) is 5.32 Å². The smallest absolute Gasteiger partial charge is 0.241 e. The summed E-state index contributed by atoms with van der Waals surface area (Å²) in [5, 5.41) is 3.26. The Balaban J connectivity index is 2.80. The van der Waals surface area contributed by atoms with Gasteiger partial charge in [-0.2, -0.15) is 0 Å². The fourth-order valence-corrected chi connectivity index (χ4v) is 1.42. The fourth-order valence-electron chi connectivity index (χ4n) is 1.25. The molecule has 0 aliphatic carbocycles. The van der Waals surface area contributed by atoms with Crippen molar-refractivity contribution >= 4 is 23.2 Å². The summed E-state index contributed by atoms with van der Waals surface area (Å²) in [7, 11) is 0. The first-order valence-electron chi connectivity index (χ1n) is 5.24. The van der Waals surface area contributed by atoms with Crippen molar-refractivity contribution < 1.29 is 4.79 Å². The lowest BCUT2D eigenvalue weighted by atomic mass is 10.0. The second-order valence-electron chi connectivity index (χ2n) is 4.24. The lowest BCUT2D eigenvalue weighted by molar-refractivity contribution is -0.118. The van der Waals surface area contributed by atoms with Gasteiger partial charge in [-0.25, -0.2) is 0 Å². The van der Waals surface area contributed by atoms with E-state index in [2.05, 4.69) is 5.32 Å². The van der Waals surface area contributed by atoms with Crippen molar-refractivity contribution in [2.24, 2.45) is 11.7 Å². The molecule has 0 radical (unpaired) electrons. The van der Waals surface area contributed by atoms with Gasteiger partial charge in [0.25, 0.3) is 0 Å². The van der Waals surface area contributed by atoms with E-state index >= 15 is 0 Å². The highest BCUT2D eigenvalue weighted by atomic mass is 35.5. The normalized spacial score (nSPS) is 12.6. The summed E-state index contributed by atoms with van der Waals surface area (Å²) in [6, 6.07) is 4.96. The van der Waals surface area contributed by atoms with Crippen LogP contribution in [0, 0.1) is 12.8 Å². The van der Waals surface area contributed by atoms with Crippen molar-refractivity contribution in [1.29, 1.82) is 0 Å². The molecule has 0 spiro atoms. The SMILES string of the molecule is Cc1ccc(Cl)c(NC(=O)C(N)C(C)C)c1. The zero-order valence-corrected chi connectivity index (χ0v) is 10.5. The molecule has 88 valence electrons. The molecule has 0 aliphatic rings. The molecular weight excluding hydrogens is 224 g/mol. The Morgan fingerprint density at radius 3 is 2.62 bits per heavy atom. The van der Waals surface area contributed by atoms with E-state index in [1.165, 1.54) is 0 Å². The Kier molecular flexibility index (Phi) is 4.33. The van der Waals surface area contributed by atoms with Crippen LogP contribution in [-0.4, -0.2) is 11.9 Å². The Hall–Kier alpha value is -1.06. The minimum atomic E-state index is -0.517. The lowest BCUT2D eigenvalue weighted by Gasteiger charge is -2.16. The quantitative estimate of drug-likeness (QED) is 0.853. The van der Waals surface area contributed by atoms with Crippen molar-refractivity contribution in [3.05, 3.63) is 28.8 Å². The molecule has 0 heterocycles. The minimum absolute atomic E-state index is 0.101. The molecule has 0 saturated carbocycles. The summed E-state index contributed by atoms with van der Waals surface area (Å²) >= 11 is 5.97. The number of aryl methyl sites for hydroxylation is 1. The maximum atomic E-state index is 11.7. The Labute approximate surface area is 101 Å². The van der Waals surface area contributed by atoms with Crippen LogP contribution >= 0.6 is 11.6 Å². The van der Waals surface area contributed by atoms with Gasteiger partial charge in [-0.3, -0.25) is 4.79 Å². The molecule has 1 aromatic carbocycles. The van der Waals surface area contributed by atoms with Gasteiger partial charge >= 0.3 is 0 Å². The van der Waals surface area contributed by atoms with Gasteiger partial charge in [0, 0.05) is 0 Å². The second kappa shape index (κ2) is 5.32. The number of amides is 1. The van der Waals surface area contributed by atoms with Crippen molar-refractivity contribution in [3.63, 3.8) is 0 Å². The number of nitrogens with two attached hydrogens (primary N) is 1. The molecule has 4 heteroatoms. The summed E-state index contributed by atoms with van der Waals surface area (Å²) < 4.78 is 0. The van der Waals surface area contributed by atoms with Crippen LogP contribution in [0.1, 0.15) is 19.4 Å². The molecule has 16 heavy (non-hydrogen) atoms. The summed E-state index contributed by atoms with van der Waals surface area (Å²) in [5.74, 6) is -0.105. The van der Waals surface area contributed by atoms with Crippen molar-refractivity contribution in [3.8, 4) is 0 Å². The third-order valence-electron chi connectivity index (χ3n) is 2.40. The predicted octanol–water partition coefficient (Wildman–Crippen LogP) is 2.57. The number of hydrogen-bond acceptors (Lipinski definition) is 2. The van der Waals surface area contributed by atoms with Crippen molar-refractivity contribution in [2.45, 2.75) is 26.8 Å². The number of carbonyl (C=O) groups is 1. The number of anilines is 1. The number of nitrogens with one attached hydrogen (secondary N) is 1. The van der Waals surface area contributed by atoms with E-state index in [1.807, 2.05) is 32.9 Å². The van der Waals surface area contributed by atoms with E-state index in [1.54, 1.807) is 6.07 Å². The molecular formula is C12H17ClN2O. The molecule has 0 aromatic heterocycles. The number of hydrogen-bond donors (Lipinski definition) is 2. The Bertz CT molecular complexity index is 391. The van der Waals surface area contributed by atoms with E-state index in [0.717, 1.165) is 5.56 Å². The predicted molar refractivity (Wildman–Crippen MR) is 67.6 cm³/mol. The van der Waals surface area contributed by atoms with Gasteiger partial charge in [0.05, 0.1) is 16.8 Å². The van der Waals surface area contributed by atoms with E-state index in [0.29, 0.717) is 10.7 Å². The van der Waals surface area contributed by atoms with Crippen LogP contribution in [-0.2, 0) is 4.79 Å². The molecule has 0 bridgehead atoms. The zero-order chi connectivity index (χ0) is 12.3. The van der Waals surface area contributed by atoms with Crippen LogP contribution in [0.5, 0.6) is 0 Å². The highest BCUT2D eigenvalue weighted by Crippen LogP contribution is 2.23. The lowest BCUT2D eigenvalue weighted by Crippen LogP contribution is -2.39. The van der Waals surface area contributed by atoms with Crippen molar-refractivity contribution in [1.82, 2.24) is 0 Å². The first-order valence-corrected chi connectivity index (χ1v) is 5.62. The molecule has 3 N–H and O–H groups in total. The molecule has 0 saturated heterocycles. The molecule has 1 amide bonds. The van der Waals surface area contributed by atoms with Crippen LogP contribution in [0.4, 0.5) is 5.69 Å². The van der Waals surface area contributed by atoms with E-state index in [4.69, 9.17) is 17.3 Å². The van der Waals surface area contributed by atoms with Gasteiger partial charge in [0.15, 0.2) is 0 Å². The van der Waals surface area contributed by atoms with Gasteiger partial charge in [-0.15, -0.1) is 0 Å². The van der Waals surface area contributed by atoms with Gasteiger partial charge in [0.2, 0.25) is 5.91 Å². The van der Waals surface area contributed by atoms with Gasteiger partial charge < -0.3 is 11.1 Å². The molecule has 0 aliphatic heterocycles. The van der Waals surface area contributed by atoms with Crippen LogP contribution in [0.25, 0.3) is 0 Å². The maximum Gasteiger partial charge on any atom is 0.241 e. The molecule has 1 unspecified atom stereocenters. The molecule has 0 fully saturated rings. The summed E-state index contributed by atoms with van der Waals surface area (Å²) in [6.45, 7) is 5.75. The average Bonchev–Trinajstić information content (AvgIpc) is 2.22. The van der Waals surface area contributed by atoms with Gasteiger partial charge in [-0.1, -0.05) is 31.5 Å². The van der Waals surface area contributed by atoms with Crippen LogP contribution in [0.2, 0.25) is 5.02 Å².